The fourth-order valence-corrected chi connectivity index (χ4v) is 2.69. The molecule has 5 heteroatoms. The van der Waals surface area contributed by atoms with Crippen LogP contribution < -0.4 is 0 Å². The van der Waals surface area contributed by atoms with Crippen molar-refractivity contribution in [3.05, 3.63) is 22.3 Å². The Morgan fingerprint density at radius 2 is 2.47 bits per heavy atom. The van der Waals surface area contributed by atoms with E-state index in [1.54, 1.807) is 6.92 Å². The molecular formula is C10H9BrClNO2. The molecule has 3 nitrogen and oxygen atoms in total. The molecule has 0 aromatic rings. The normalized spacial score (nSPS) is 25.9. The highest BCUT2D eigenvalue weighted by Gasteiger charge is 2.32. The highest BCUT2D eigenvalue weighted by atomic mass is 79.9. The van der Waals surface area contributed by atoms with Gasteiger partial charge in [0.1, 0.15) is 0 Å². The number of halogens is 2. The number of rotatable bonds is 2. The van der Waals surface area contributed by atoms with Crippen molar-refractivity contribution in [3.63, 3.8) is 0 Å². The van der Waals surface area contributed by atoms with Crippen LogP contribution in [0, 0.1) is 16.7 Å². The molecule has 80 valence electrons. The van der Waals surface area contributed by atoms with Gasteiger partial charge in [-0.3, -0.25) is 0 Å². The minimum absolute atomic E-state index is 0.118. The van der Waals surface area contributed by atoms with Gasteiger partial charge in [-0.25, -0.2) is 4.79 Å². The highest BCUT2D eigenvalue weighted by molar-refractivity contribution is 9.09. The Balaban J connectivity index is 3.27. The van der Waals surface area contributed by atoms with E-state index >= 15 is 0 Å². The quantitative estimate of drug-likeness (QED) is 0.796. The molecule has 0 amide bonds. The van der Waals surface area contributed by atoms with Crippen molar-refractivity contribution >= 4 is 33.5 Å². The zero-order valence-electron chi connectivity index (χ0n) is 8.05. The molecule has 0 radical (unpaired) electrons. The number of nitrogens with zero attached hydrogens (tertiary/aromatic N) is 1. The second kappa shape index (κ2) is 4.38. The van der Waals surface area contributed by atoms with Gasteiger partial charge >= 0.3 is 5.97 Å². The summed E-state index contributed by atoms with van der Waals surface area (Å²) in [6.45, 7) is 1.67. The van der Waals surface area contributed by atoms with Crippen LogP contribution in [-0.2, 0) is 4.79 Å². The second-order valence-electron chi connectivity index (χ2n) is 3.59. The Labute approximate surface area is 101 Å². The van der Waals surface area contributed by atoms with E-state index in [4.69, 9.17) is 22.0 Å². The fourth-order valence-electron chi connectivity index (χ4n) is 1.44. The second-order valence-corrected chi connectivity index (χ2v) is 4.60. The lowest BCUT2D eigenvalue weighted by Crippen LogP contribution is -2.20. The lowest BCUT2D eigenvalue weighted by atomic mass is 9.80. The summed E-state index contributed by atoms with van der Waals surface area (Å²) in [5.74, 6) is -1.05. The number of hydrogen-bond donors (Lipinski definition) is 1. The summed E-state index contributed by atoms with van der Waals surface area (Å²) in [6, 6.07) is 2.07. The molecule has 1 rings (SSSR count). The number of nitriles is 1. The van der Waals surface area contributed by atoms with Crippen molar-refractivity contribution < 1.29 is 9.90 Å². The van der Waals surface area contributed by atoms with E-state index in [1.807, 2.05) is 0 Å². The van der Waals surface area contributed by atoms with Gasteiger partial charge in [-0.05, 0) is 18.6 Å². The molecule has 1 unspecified atom stereocenters. The van der Waals surface area contributed by atoms with Crippen LogP contribution in [0.15, 0.2) is 22.3 Å². The monoisotopic (exact) mass is 289 g/mol. The summed E-state index contributed by atoms with van der Waals surface area (Å²) in [6.07, 6.45) is 1.83. The number of carbonyl (C=O) groups is 1. The smallest absolute Gasteiger partial charge is 0.335 e. The molecule has 1 N–H and O–H groups in total. The van der Waals surface area contributed by atoms with Gasteiger partial charge in [-0.15, -0.1) is 0 Å². The lowest BCUT2D eigenvalue weighted by Gasteiger charge is -2.25. The Bertz CT molecular complexity index is 408. The predicted octanol–water partition coefficient (Wildman–Crippen LogP) is 2.82. The Morgan fingerprint density at radius 1 is 1.87 bits per heavy atom. The molecule has 0 heterocycles. The first-order valence-electron chi connectivity index (χ1n) is 4.25. The molecule has 1 aliphatic rings. The number of aliphatic carboxylic acids is 1. The Kier molecular flexibility index (Phi) is 3.58. The van der Waals surface area contributed by atoms with Crippen molar-refractivity contribution in [1.29, 1.82) is 5.26 Å². The molecule has 0 spiro atoms. The van der Waals surface area contributed by atoms with Gasteiger partial charge in [0.15, 0.2) is 0 Å². The number of carboxylic acids is 1. The van der Waals surface area contributed by atoms with Crippen LogP contribution in [0.5, 0.6) is 0 Å². The summed E-state index contributed by atoms with van der Waals surface area (Å²) in [7, 11) is 0. The van der Waals surface area contributed by atoms with E-state index in [0.29, 0.717) is 22.4 Å². The maximum atomic E-state index is 11.0. The van der Waals surface area contributed by atoms with Gasteiger partial charge in [-0.2, -0.15) is 5.26 Å². The summed E-state index contributed by atoms with van der Waals surface area (Å²) >= 11 is 9.17. The highest BCUT2D eigenvalue weighted by Crippen LogP contribution is 2.39. The minimum atomic E-state index is -1.05. The van der Waals surface area contributed by atoms with Crippen molar-refractivity contribution in [3.8, 4) is 6.07 Å². The zero-order valence-corrected chi connectivity index (χ0v) is 10.4. The van der Waals surface area contributed by atoms with Gasteiger partial charge in [0.25, 0.3) is 0 Å². The van der Waals surface area contributed by atoms with Crippen LogP contribution >= 0.6 is 27.5 Å². The van der Waals surface area contributed by atoms with E-state index in [-0.39, 0.29) is 5.57 Å². The molecule has 0 bridgehead atoms. The third kappa shape index (κ3) is 2.42. The molecule has 1 atom stereocenters. The zero-order chi connectivity index (χ0) is 11.6. The van der Waals surface area contributed by atoms with Crippen LogP contribution in [0.3, 0.4) is 0 Å². The number of hydrogen-bond acceptors (Lipinski definition) is 2. The van der Waals surface area contributed by atoms with Gasteiger partial charge in [0.2, 0.25) is 0 Å². The van der Waals surface area contributed by atoms with Crippen LogP contribution in [0.2, 0.25) is 0 Å². The first-order chi connectivity index (χ1) is 6.93. The average Bonchev–Trinajstić information content (AvgIpc) is 2.17. The molecule has 0 aromatic carbocycles. The molecule has 0 saturated carbocycles. The van der Waals surface area contributed by atoms with Crippen LogP contribution in [-0.4, -0.2) is 16.4 Å². The van der Waals surface area contributed by atoms with E-state index < -0.39 is 11.4 Å². The van der Waals surface area contributed by atoms with E-state index in [9.17, 15) is 4.79 Å². The Hall–Kier alpha value is -0.790. The molecule has 0 saturated heterocycles. The molecule has 0 aliphatic heterocycles. The lowest BCUT2D eigenvalue weighted by molar-refractivity contribution is -0.132. The SMILES string of the molecule is CC1(C#N)C=C(C(=O)O)C(CBr)=C(Cl)C1. The first kappa shape index (κ1) is 12.3. The van der Waals surface area contributed by atoms with Crippen LogP contribution in [0.1, 0.15) is 13.3 Å². The maximum absolute atomic E-state index is 11.0. The predicted molar refractivity (Wildman–Crippen MR) is 60.7 cm³/mol. The van der Waals surface area contributed by atoms with E-state index in [2.05, 4.69) is 22.0 Å². The standard InChI is InChI=1S/C10H9BrClNO2/c1-10(5-13)2-6(9(14)15)7(4-11)8(12)3-10/h2H,3-4H2,1H3,(H,14,15). The van der Waals surface area contributed by atoms with Crippen LogP contribution in [0.25, 0.3) is 0 Å². The topological polar surface area (TPSA) is 61.1 Å². The fraction of sp³-hybridized carbons (Fsp3) is 0.400. The average molecular weight is 291 g/mol. The van der Waals surface area contributed by atoms with E-state index in [1.165, 1.54) is 6.08 Å². The number of allylic oxidation sites excluding steroid dienone is 2. The summed E-state index contributed by atoms with van der Waals surface area (Å²) in [5, 5.41) is 18.8. The van der Waals surface area contributed by atoms with E-state index in [0.717, 1.165) is 0 Å². The van der Waals surface area contributed by atoms with Crippen molar-refractivity contribution in [2.75, 3.05) is 5.33 Å². The molecular weight excluding hydrogens is 281 g/mol. The van der Waals surface area contributed by atoms with Gasteiger partial charge < -0.3 is 5.11 Å². The van der Waals surface area contributed by atoms with Crippen molar-refractivity contribution in [2.45, 2.75) is 13.3 Å². The molecule has 15 heavy (non-hydrogen) atoms. The number of carboxylic acid groups (broad SMARTS) is 1. The minimum Gasteiger partial charge on any atom is -0.478 e. The van der Waals surface area contributed by atoms with Crippen LogP contribution in [0.4, 0.5) is 0 Å². The third-order valence-corrected chi connectivity index (χ3v) is 3.18. The largest absolute Gasteiger partial charge is 0.478 e. The molecule has 1 aliphatic carbocycles. The molecule has 0 aromatic heterocycles. The maximum Gasteiger partial charge on any atom is 0.335 e. The van der Waals surface area contributed by atoms with Gasteiger partial charge in [0.05, 0.1) is 17.1 Å². The van der Waals surface area contributed by atoms with Crippen molar-refractivity contribution in [1.82, 2.24) is 0 Å². The third-order valence-electron chi connectivity index (χ3n) is 2.26. The van der Waals surface area contributed by atoms with Gasteiger partial charge in [0, 0.05) is 16.8 Å². The van der Waals surface area contributed by atoms with Crippen molar-refractivity contribution in [2.24, 2.45) is 5.41 Å². The summed E-state index contributed by atoms with van der Waals surface area (Å²) in [4.78, 5) is 11.0. The molecule has 0 fully saturated rings. The summed E-state index contributed by atoms with van der Waals surface area (Å²) in [5.41, 5.74) is -0.153. The first-order valence-corrected chi connectivity index (χ1v) is 5.75. The summed E-state index contributed by atoms with van der Waals surface area (Å²) < 4.78 is 0. The Morgan fingerprint density at radius 3 is 2.87 bits per heavy atom. The van der Waals surface area contributed by atoms with Gasteiger partial charge in [-0.1, -0.05) is 27.5 Å². The number of alkyl halides is 1.